The number of hydrogen-bond donors (Lipinski definition) is 3. The summed E-state index contributed by atoms with van der Waals surface area (Å²) in [5.74, 6) is 0.638. The minimum Gasteiger partial charge on any atom is -0.388 e. The molecule has 0 radical (unpaired) electrons. The molecule has 31 heavy (non-hydrogen) atoms. The minimum atomic E-state index is -3.49. The largest absolute Gasteiger partial charge is 0.388 e. The number of aliphatic imine (C=N–C) groups is 1. The highest BCUT2D eigenvalue weighted by molar-refractivity contribution is 14.0. The van der Waals surface area contributed by atoms with Gasteiger partial charge in [-0.3, -0.25) is 0 Å². The van der Waals surface area contributed by atoms with E-state index in [9.17, 15) is 13.5 Å². The second-order valence-electron chi connectivity index (χ2n) is 8.03. The summed E-state index contributed by atoms with van der Waals surface area (Å²) in [4.78, 5) is 4.86. The van der Waals surface area contributed by atoms with E-state index >= 15 is 0 Å². The van der Waals surface area contributed by atoms with Crippen molar-refractivity contribution in [2.24, 2.45) is 4.99 Å². The monoisotopic (exact) mass is 568 g/mol. The van der Waals surface area contributed by atoms with Gasteiger partial charge in [-0.25, -0.2) is 13.4 Å². The van der Waals surface area contributed by atoms with Crippen LogP contribution in [0.1, 0.15) is 65.9 Å². The van der Waals surface area contributed by atoms with E-state index in [1.807, 2.05) is 20.8 Å². The summed E-state index contributed by atoms with van der Waals surface area (Å²) >= 11 is 0. The summed E-state index contributed by atoms with van der Waals surface area (Å²) in [7, 11) is -1.90. The third-order valence-corrected chi connectivity index (χ3v) is 7.15. The average Bonchev–Trinajstić information content (AvgIpc) is 2.70. The highest BCUT2D eigenvalue weighted by Gasteiger charge is 2.25. The molecule has 7 nitrogen and oxygen atoms in total. The molecule has 0 aliphatic heterocycles. The van der Waals surface area contributed by atoms with E-state index in [0.717, 1.165) is 31.2 Å². The zero-order chi connectivity index (χ0) is 22.8. The lowest BCUT2D eigenvalue weighted by atomic mass is 9.93. The van der Waals surface area contributed by atoms with Crippen molar-refractivity contribution < 1.29 is 13.5 Å². The Morgan fingerprint density at radius 2 is 1.65 bits per heavy atom. The predicted octanol–water partition coefficient (Wildman–Crippen LogP) is 3.72. The Kier molecular flexibility index (Phi) is 13.9. The number of nitrogens with zero attached hydrogens (tertiary/aromatic N) is 2. The molecule has 0 spiro atoms. The van der Waals surface area contributed by atoms with Gasteiger partial charge in [0.25, 0.3) is 0 Å². The van der Waals surface area contributed by atoms with Crippen LogP contribution in [0.15, 0.2) is 34.2 Å². The van der Waals surface area contributed by atoms with Crippen LogP contribution >= 0.6 is 24.0 Å². The molecule has 3 N–H and O–H groups in total. The Balaban J connectivity index is 0.00000900. The van der Waals surface area contributed by atoms with Gasteiger partial charge in [0.05, 0.1) is 17.0 Å². The molecule has 1 aromatic carbocycles. The Morgan fingerprint density at radius 1 is 1.10 bits per heavy atom. The van der Waals surface area contributed by atoms with E-state index in [-0.39, 0.29) is 34.9 Å². The third kappa shape index (κ3) is 9.63. The van der Waals surface area contributed by atoms with Crippen LogP contribution in [-0.2, 0) is 16.6 Å². The molecular weight excluding hydrogens is 527 g/mol. The molecule has 0 aliphatic carbocycles. The van der Waals surface area contributed by atoms with E-state index in [0.29, 0.717) is 25.6 Å². The molecule has 180 valence electrons. The first-order valence-corrected chi connectivity index (χ1v) is 12.3. The average molecular weight is 569 g/mol. The Labute approximate surface area is 206 Å². The molecule has 9 heteroatoms. The minimum absolute atomic E-state index is 0. The second-order valence-corrected chi connectivity index (χ2v) is 10.0. The van der Waals surface area contributed by atoms with E-state index in [1.165, 1.54) is 4.31 Å². The molecule has 0 heterocycles. The number of guanidine groups is 1. The van der Waals surface area contributed by atoms with Gasteiger partial charge >= 0.3 is 0 Å². The van der Waals surface area contributed by atoms with Crippen LogP contribution in [0, 0.1) is 0 Å². The highest BCUT2D eigenvalue weighted by Crippen LogP contribution is 2.19. The van der Waals surface area contributed by atoms with Gasteiger partial charge in [-0.05, 0) is 51.3 Å². The molecule has 0 aromatic heterocycles. The standard InChI is InChI=1S/C22H40N4O3S.HI/c1-7-14-22(27,15-8-2)17-25-21(23-9-3)24-16-19-10-12-20(13-11-19)30(28,29)26(6)18(4)5;/h10-13,18,27H,7-9,14-17H2,1-6H3,(H2,23,24,25);1H. The van der Waals surface area contributed by atoms with E-state index < -0.39 is 15.6 Å². The van der Waals surface area contributed by atoms with Crippen molar-refractivity contribution in [3.05, 3.63) is 29.8 Å². The van der Waals surface area contributed by atoms with E-state index in [1.54, 1.807) is 31.3 Å². The zero-order valence-electron chi connectivity index (χ0n) is 19.8. The molecule has 0 amide bonds. The molecule has 0 aliphatic rings. The molecule has 1 aromatic rings. The molecule has 0 fully saturated rings. The van der Waals surface area contributed by atoms with Crippen LogP contribution in [0.4, 0.5) is 0 Å². The third-order valence-electron chi connectivity index (χ3n) is 5.11. The molecule has 0 atom stereocenters. The lowest BCUT2D eigenvalue weighted by molar-refractivity contribution is 0.0257. The van der Waals surface area contributed by atoms with Crippen LogP contribution in [0.3, 0.4) is 0 Å². The summed E-state index contributed by atoms with van der Waals surface area (Å²) in [5, 5.41) is 17.2. The molecule has 1 rings (SSSR count). The second kappa shape index (κ2) is 14.3. The van der Waals surface area contributed by atoms with Gasteiger partial charge in [-0.15, -0.1) is 24.0 Å². The lowest BCUT2D eigenvalue weighted by Crippen LogP contribution is -2.47. The van der Waals surface area contributed by atoms with Gasteiger partial charge < -0.3 is 15.7 Å². The lowest BCUT2D eigenvalue weighted by Gasteiger charge is -2.28. The van der Waals surface area contributed by atoms with Gasteiger partial charge in [-0.2, -0.15) is 4.31 Å². The van der Waals surface area contributed by atoms with Crippen molar-refractivity contribution in [3.63, 3.8) is 0 Å². The van der Waals surface area contributed by atoms with Gasteiger partial charge in [0.15, 0.2) is 5.96 Å². The molecule has 0 unspecified atom stereocenters. The maximum absolute atomic E-state index is 12.6. The van der Waals surface area contributed by atoms with Crippen molar-refractivity contribution in [3.8, 4) is 0 Å². The molecule has 0 saturated carbocycles. The summed E-state index contributed by atoms with van der Waals surface area (Å²) in [5.41, 5.74) is 0.175. The Hall–Kier alpha value is -0.910. The van der Waals surface area contributed by atoms with Crippen molar-refractivity contribution in [1.82, 2.24) is 14.9 Å². The molecule has 0 bridgehead atoms. The normalized spacial score (nSPS) is 12.7. The zero-order valence-corrected chi connectivity index (χ0v) is 23.0. The van der Waals surface area contributed by atoms with Crippen LogP contribution < -0.4 is 10.6 Å². The number of benzene rings is 1. The van der Waals surface area contributed by atoms with Crippen molar-refractivity contribution in [2.75, 3.05) is 20.1 Å². The fourth-order valence-corrected chi connectivity index (χ4v) is 4.57. The fraction of sp³-hybridized carbons (Fsp3) is 0.682. The Bertz CT molecular complexity index is 761. The van der Waals surface area contributed by atoms with Crippen LogP contribution in [0.5, 0.6) is 0 Å². The summed E-state index contributed by atoms with van der Waals surface area (Å²) in [6.07, 6.45) is 3.34. The van der Waals surface area contributed by atoms with Crippen LogP contribution in [-0.4, -0.2) is 55.6 Å². The maximum atomic E-state index is 12.6. The first-order valence-electron chi connectivity index (χ1n) is 10.9. The summed E-state index contributed by atoms with van der Waals surface area (Å²) in [6, 6.07) is 6.73. The predicted molar refractivity (Wildman–Crippen MR) is 140 cm³/mol. The molecule has 0 saturated heterocycles. The number of halogens is 1. The first-order chi connectivity index (χ1) is 14.1. The number of hydrogen-bond acceptors (Lipinski definition) is 4. The Morgan fingerprint density at radius 3 is 2.10 bits per heavy atom. The maximum Gasteiger partial charge on any atom is 0.243 e. The SMILES string of the molecule is CCCC(O)(CCC)CNC(=NCc1ccc(S(=O)(=O)N(C)C(C)C)cc1)NCC.I. The number of nitrogens with one attached hydrogen (secondary N) is 2. The summed E-state index contributed by atoms with van der Waals surface area (Å²) in [6.45, 7) is 11.4. The van der Waals surface area contributed by atoms with E-state index in [4.69, 9.17) is 0 Å². The topological polar surface area (TPSA) is 94.0 Å². The smallest absolute Gasteiger partial charge is 0.243 e. The number of sulfonamides is 1. The van der Waals surface area contributed by atoms with Crippen molar-refractivity contribution >= 4 is 40.0 Å². The highest BCUT2D eigenvalue weighted by atomic mass is 127. The van der Waals surface area contributed by atoms with Crippen molar-refractivity contribution in [2.45, 2.75) is 83.4 Å². The number of aliphatic hydroxyl groups is 1. The van der Waals surface area contributed by atoms with E-state index in [2.05, 4.69) is 29.5 Å². The van der Waals surface area contributed by atoms with Gasteiger partial charge in [0.2, 0.25) is 10.0 Å². The van der Waals surface area contributed by atoms with Gasteiger partial charge in [-0.1, -0.05) is 38.8 Å². The summed E-state index contributed by atoms with van der Waals surface area (Å²) < 4.78 is 26.5. The van der Waals surface area contributed by atoms with Crippen molar-refractivity contribution in [1.29, 1.82) is 0 Å². The van der Waals surface area contributed by atoms with Crippen LogP contribution in [0.25, 0.3) is 0 Å². The van der Waals surface area contributed by atoms with Gasteiger partial charge in [0.1, 0.15) is 0 Å². The molecular formula is C22H41IN4O3S. The van der Waals surface area contributed by atoms with Gasteiger partial charge in [0, 0.05) is 26.2 Å². The first kappa shape index (κ1) is 30.1. The quantitative estimate of drug-likeness (QED) is 0.203. The van der Waals surface area contributed by atoms with Crippen LogP contribution in [0.2, 0.25) is 0 Å². The number of rotatable bonds is 12. The fourth-order valence-electron chi connectivity index (χ4n) is 3.20.